The first-order chi connectivity index (χ1) is 5.15. The number of carbonyl (C=O) groups excluding carboxylic acids is 1. The molecule has 0 atom stereocenters. The molecular formula is C6H5Br2NOS. The van der Waals surface area contributed by atoms with Gasteiger partial charge in [0.25, 0.3) is 0 Å². The quantitative estimate of drug-likeness (QED) is 0.620. The standard InChI is InChI=1S/C6H5Br2NOS/c1-3(10)5-4(2-7)9-6(8)11-5/h2H2,1H3. The molecule has 0 spiro atoms. The lowest BCUT2D eigenvalue weighted by Crippen LogP contribution is -1.92. The third-order valence-electron chi connectivity index (χ3n) is 1.12. The van der Waals surface area contributed by atoms with Crippen LogP contribution in [-0.2, 0) is 5.33 Å². The van der Waals surface area contributed by atoms with Crippen molar-refractivity contribution in [3.63, 3.8) is 0 Å². The van der Waals surface area contributed by atoms with Gasteiger partial charge in [-0.05, 0) is 15.9 Å². The number of rotatable bonds is 2. The van der Waals surface area contributed by atoms with Crippen LogP contribution >= 0.6 is 43.2 Å². The molecule has 0 amide bonds. The lowest BCUT2D eigenvalue weighted by atomic mass is 10.3. The number of halogens is 2. The second kappa shape index (κ2) is 3.78. The molecule has 0 radical (unpaired) electrons. The summed E-state index contributed by atoms with van der Waals surface area (Å²) in [6.07, 6.45) is 0. The van der Waals surface area contributed by atoms with Crippen molar-refractivity contribution in [2.75, 3.05) is 0 Å². The molecule has 0 aliphatic heterocycles. The number of hydrogen-bond acceptors (Lipinski definition) is 3. The second-order valence-electron chi connectivity index (χ2n) is 1.93. The van der Waals surface area contributed by atoms with Gasteiger partial charge in [-0.2, -0.15) is 0 Å². The molecule has 0 fully saturated rings. The van der Waals surface area contributed by atoms with Crippen molar-refractivity contribution in [1.29, 1.82) is 0 Å². The highest BCUT2D eigenvalue weighted by molar-refractivity contribution is 9.11. The van der Waals surface area contributed by atoms with E-state index in [0.717, 1.165) is 14.5 Å². The van der Waals surface area contributed by atoms with Crippen LogP contribution in [0.5, 0.6) is 0 Å². The Kier molecular flexibility index (Phi) is 3.21. The molecule has 2 nitrogen and oxygen atoms in total. The van der Waals surface area contributed by atoms with Crippen LogP contribution in [0.3, 0.4) is 0 Å². The van der Waals surface area contributed by atoms with E-state index in [9.17, 15) is 4.79 Å². The molecule has 0 aliphatic rings. The molecule has 0 saturated carbocycles. The first-order valence-corrected chi connectivity index (χ1v) is 5.60. The van der Waals surface area contributed by atoms with Gasteiger partial charge in [-0.15, -0.1) is 11.3 Å². The van der Waals surface area contributed by atoms with Gasteiger partial charge < -0.3 is 0 Å². The topological polar surface area (TPSA) is 30.0 Å². The third kappa shape index (κ3) is 2.10. The molecule has 5 heteroatoms. The summed E-state index contributed by atoms with van der Waals surface area (Å²) in [6, 6.07) is 0. The summed E-state index contributed by atoms with van der Waals surface area (Å²) in [5.74, 6) is 0.0719. The van der Waals surface area contributed by atoms with E-state index in [1.54, 1.807) is 6.92 Å². The largest absolute Gasteiger partial charge is 0.294 e. The Balaban J connectivity index is 3.12. The Hall–Kier alpha value is 0.260. The molecule has 0 N–H and O–H groups in total. The maximum Gasteiger partial charge on any atom is 0.171 e. The van der Waals surface area contributed by atoms with Crippen LogP contribution in [0.4, 0.5) is 0 Å². The van der Waals surface area contributed by atoms with E-state index in [1.807, 2.05) is 0 Å². The van der Waals surface area contributed by atoms with Crippen molar-refractivity contribution in [2.45, 2.75) is 12.3 Å². The summed E-state index contributed by atoms with van der Waals surface area (Å²) in [5, 5.41) is 0.629. The second-order valence-corrected chi connectivity index (χ2v) is 4.77. The van der Waals surface area contributed by atoms with Gasteiger partial charge in [-0.1, -0.05) is 15.9 Å². The molecule has 1 rings (SSSR count). The summed E-state index contributed by atoms with van der Waals surface area (Å²) in [5.41, 5.74) is 0.814. The van der Waals surface area contributed by atoms with Gasteiger partial charge in [0.2, 0.25) is 0 Å². The summed E-state index contributed by atoms with van der Waals surface area (Å²) in [7, 11) is 0. The van der Waals surface area contributed by atoms with Gasteiger partial charge >= 0.3 is 0 Å². The van der Waals surface area contributed by atoms with Crippen molar-refractivity contribution in [3.8, 4) is 0 Å². The summed E-state index contributed by atoms with van der Waals surface area (Å²) >= 11 is 7.86. The van der Waals surface area contributed by atoms with Crippen molar-refractivity contribution >= 4 is 49.0 Å². The number of hydrogen-bond donors (Lipinski definition) is 0. The molecule has 1 heterocycles. The highest BCUT2D eigenvalue weighted by Crippen LogP contribution is 2.24. The van der Waals surface area contributed by atoms with E-state index in [0.29, 0.717) is 5.33 Å². The van der Waals surface area contributed by atoms with Crippen LogP contribution in [0.1, 0.15) is 22.3 Å². The number of thiazole rings is 1. The number of carbonyl (C=O) groups is 1. The van der Waals surface area contributed by atoms with Gasteiger partial charge in [0, 0.05) is 12.3 Å². The van der Waals surface area contributed by atoms with Crippen LogP contribution in [0.15, 0.2) is 3.92 Å². The zero-order chi connectivity index (χ0) is 8.43. The number of aromatic nitrogens is 1. The van der Waals surface area contributed by atoms with Crippen LogP contribution in [0.25, 0.3) is 0 Å². The van der Waals surface area contributed by atoms with Crippen LogP contribution < -0.4 is 0 Å². The average Bonchev–Trinajstić information content (AvgIpc) is 2.30. The minimum atomic E-state index is 0.0719. The summed E-state index contributed by atoms with van der Waals surface area (Å²) in [4.78, 5) is 15.8. The fraction of sp³-hybridized carbons (Fsp3) is 0.333. The zero-order valence-electron chi connectivity index (χ0n) is 5.73. The minimum Gasteiger partial charge on any atom is -0.294 e. The Morgan fingerprint density at radius 3 is 2.73 bits per heavy atom. The summed E-state index contributed by atoms with van der Waals surface area (Å²) < 4.78 is 0.761. The predicted molar refractivity (Wildman–Crippen MR) is 52.4 cm³/mol. The average molecular weight is 299 g/mol. The van der Waals surface area contributed by atoms with Gasteiger partial charge in [0.15, 0.2) is 9.70 Å². The summed E-state index contributed by atoms with van der Waals surface area (Å²) in [6.45, 7) is 1.55. The highest BCUT2D eigenvalue weighted by atomic mass is 79.9. The number of ketones is 1. The van der Waals surface area contributed by atoms with Crippen molar-refractivity contribution in [3.05, 3.63) is 14.5 Å². The zero-order valence-corrected chi connectivity index (χ0v) is 9.72. The Morgan fingerprint density at radius 2 is 2.36 bits per heavy atom. The van der Waals surface area contributed by atoms with E-state index in [2.05, 4.69) is 36.8 Å². The SMILES string of the molecule is CC(=O)c1sc(Br)nc1CBr. The molecule has 11 heavy (non-hydrogen) atoms. The molecule has 0 bridgehead atoms. The van der Waals surface area contributed by atoms with Crippen molar-refractivity contribution < 1.29 is 4.79 Å². The van der Waals surface area contributed by atoms with Crippen molar-refractivity contribution in [2.24, 2.45) is 0 Å². The van der Waals surface area contributed by atoms with E-state index in [-0.39, 0.29) is 5.78 Å². The van der Waals surface area contributed by atoms with E-state index in [1.165, 1.54) is 11.3 Å². The van der Waals surface area contributed by atoms with Crippen molar-refractivity contribution in [1.82, 2.24) is 4.98 Å². The molecule has 0 saturated heterocycles. The number of alkyl halides is 1. The van der Waals surface area contributed by atoms with E-state index < -0.39 is 0 Å². The fourth-order valence-electron chi connectivity index (χ4n) is 0.688. The smallest absolute Gasteiger partial charge is 0.171 e. The maximum absolute atomic E-state index is 11.0. The molecule has 0 unspecified atom stereocenters. The van der Waals surface area contributed by atoms with E-state index >= 15 is 0 Å². The molecule has 1 aromatic heterocycles. The molecule has 0 aromatic carbocycles. The third-order valence-corrected chi connectivity index (χ3v) is 3.30. The maximum atomic E-state index is 11.0. The normalized spacial score (nSPS) is 10.1. The fourth-order valence-corrected chi connectivity index (χ4v) is 2.68. The highest BCUT2D eigenvalue weighted by Gasteiger charge is 2.11. The van der Waals surface area contributed by atoms with E-state index in [4.69, 9.17) is 0 Å². The monoisotopic (exact) mass is 297 g/mol. The molecule has 1 aromatic rings. The number of nitrogens with zero attached hydrogens (tertiary/aromatic N) is 1. The minimum absolute atomic E-state index is 0.0719. The molecular weight excluding hydrogens is 294 g/mol. The first kappa shape index (κ1) is 9.35. The molecule has 0 aliphatic carbocycles. The number of Topliss-reactive ketones (excluding diaryl/α,β-unsaturated/α-hetero) is 1. The Bertz CT molecular complexity index is 284. The Labute approximate surface area is 85.3 Å². The van der Waals surface area contributed by atoms with Gasteiger partial charge in [0.05, 0.1) is 10.6 Å². The van der Waals surface area contributed by atoms with Gasteiger partial charge in [0.1, 0.15) is 0 Å². The van der Waals surface area contributed by atoms with Crippen LogP contribution in [0.2, 0.25) is 0 Å². The van der Waals surface area contributed by atoms with Gasteiger partial charge in [-0.3, -0.25) is 4.79 Å². The van der Waals surface area contributed by atoms with Gasteiger partial charge in [-0.25, -0.2) is 4.98 Å². The molecule has 60 valence electrons. The lowest BCUT2D eigenvalue weighted by molar-refractivity contribution is 0.102. The first-order valence-electron chi connectivity index (χ1n) is 2.87. The Morgan fingerprint density at radius 1 is 1.73 bits per heavy atom. The van der Waals surface area contributed by atoms with Crippen LogP contribution in [-0.4, -0.2) is 10.8 Å². The van der Waals surface area contributed by atoms with Crippen LogP contribution in [0, 0.1) is 0 Å². The lowest BCUT2D eigenvalue weighted by Gasteiger charge is -1.89. The predicted octanol–water partition coefficient (Wildman–Crippen LogP) is 3.00.